The molecule has 0 spiro atoms. The lowest BCUT2D eigenvalue weighted by Crippen LogP contribution is -2.43. The predicted molar refractivity (Wildman–Crippen MR) is 120 cm³/mol. The molecule has 0 aliphatic carbocycles. The maximum Gasteiger partial charge on any atom is 0.179 e. The zero-order valence-electron chi connectivity index (χ0n) is 19.0. The number of Topliss-reactive ketones (excluding diaryl/α,β-unsaturated/α-hetero) is 1. The van der Waals surface area contributed by atoms with Crippen molar-refractivity contribution in [2.75, 3.05) is 20.8 Å². The maximum atomic E-state index is 12.8. The summed E-state index contributed by atoms with van der Waals surface area (Å²) >= 11 is 0. The van der Waals surface area contributed by atoms with Crippen LogP contribution in [0.25, 0.3) is 0 Å². The van der Waals surface area contributed by atoms with Gasteiger partial charge in [0, 0.05) is 24.7 Å². The molecule has 6 nitrogen and oxygen atoms in total. The number of ketones is 1. The van der Waals surface area contributed by atoms with E-state index < -0.39 is 5.54 Å². The van der Waals surface area contributed by atoms with Gasteiger partial charge in [-0.3, -0.25) is 4.79 Å². The van der Waals surface area contributed by atoms with Crippen LogP contribution in [0.1, 0.15) is 59.9 Å². The number of hydrogen-bond acceptors (Lipinski definition) is 5. The molecule has 0 aliphatic rings. The molecule has 1 atom stereocenters. The molecule has 0 bridgehead atoms. The third-order valence-corrected chi connectivity index (χ3v) is 6.06. The highest BCUT2D eigenvalue weighted by molar-refractivity contribution is 5.95. The predicted octanol–water partition coefficient (Wildman–Crippen LogP) is 3.59. The lowest BCUT2D eigenvalue weighted by Gasteiger charge is -2.25. The van der Waals surface area contributed by atoms with E-state index in [4.69, 9.17) is 15.2 Å². The molecular weight excluding hydrogens is 380 g/mol. The van der Waals surface area contributed by atoms with E-state index in [-0.39, 0.29) is 12.4 Å². The van der Waals surface area contributed by atoms with Crippen LogP contribution < -0.4 is 15.2 Å². The van der Waals surface area contributed by atoms with Crippen molar-refractivity contribution < 1.29 is 19.4 Å². The molecule has 0 saturated heterocycles. The number of ether oxygens (including phenoxy) is 2. The van der Waals surface area contributed by atoms with E-state index >= 15 is 0 Å². The minimum atomic E-state index is -0.569. The van der Waals surface area contributed by atoms with E-state index in [0.29, 0.717) is 24.3 Å². The molecule has 0 radical (unpaired) electrons. The van der Waals surface area contributed by atoms with E-state index in [1.807, 2.05) is 49.7 Å². The number of carbonyl (C=O) groups excluding carboxylic acids is 1. The summed E-state index contributed by atoms with van der Waals surface area (Å²) in [5.41, 5.74) is 9.71. The Labute approximate surface area is 180 Å². The molecule has 0 aliphatic heterocycles. The fourth-order valence-corrected chi connectivity index (χ4v) is 3.78. The Morgan fingerprint density at radius 1 is 1.17 bits per heavy atom. The van der Waals surface area contributed by atoms with Crippen LogP contribution >= 0.6 is 0 Å². The quantitative estimate of drug-likeness (QED) is 0.517. The molecule has 0 saturated carbocycles. The van der Waals surface area contributed by atoms with Gasteiger partial charge in [-0.2, -0.15) is 0 Å². The summed E-state index contributed by atoms with van der Waals surface area (Å²) in [6, 6.07) is 7.83. The van der Waals surface area contributed by atoms with Gasteiger partial charge in [-0.1, -0.05) is 13.0 Å². The maximum absolute atomic E-state index is 12.8. The van der Waals surface area contributed by atoms with Crippen molar-refractivity contribution in [1.82, 2.24) is 4.57 Å². The number of nitrogens with two attached hydrogens (primary N) is 1. The highest BCUT2D eigenvalue weighted by Gasteiger charge is 2.23. The Kier molecular flexibility index (Phi) is 8.50. The van der Waals surface area contributed by atoms with Crippen molar-refractivity contribution in [3.05, 3.63) is 46.8 Å². The Balaban J connectivity index is 1.99. The number of nitrogens with zero attached hydrogens (tertiary/aromatic N) is 1. The van der Waals surface area contributed by atoms with Gasteiger partial charge in [-0.25, -0.2) is 0 Å². The molecular formula is C24H36N2O4. The van der Waals surface area contributed by atoms with Gasteiger partial charge < -0.3 is 24.9 Å². The molecule has 166 valence electrons. The number of aromatic nitrogens is 1. The zero-order valence-corrected chi connectivity index (χ0v) is 19.0. The van der Waals surface area contributed by atoms with E-state index in [0.717, 1.165) is 48.2 Å². The van der Waals surface area contributed by atoms with Crippen molar-refractivity contribution in [1.29, 1.82) is 0 Å². The van der Waals surface area contributed by atoms with Gasteiger partial charge in [0.2, 0.25) is 0 Å². The zero-order chi connectivity index (χ0) is 22.3. The topological polar surface area (TPSA) is 86.7 Å². The first kappa shape index (κ1) is 24.0. The lowest BCUT2D eigenvalue weighted by molar-refractivity contribution is 0.0972. The summed E-state index contributed by atoms with van der Waals surface area (Å²) in [5.74, 6) is 1.55. The van der Waals surface area contributed by atoms with Gasteiger partial charge in [-0.15, -0.1) is 0 Å². The Bertz CT molecular complexity index is 853. The first-order valence-electron chi connectivity index (χ1n) is 10.6. The van der Waals surface area contributed by atoms with Crippen molar-refractivity contribution >= 4 is 5.78 Å². The first-order valence-corrected chi connectivity index (χ1v) is 10.6. The van der Waals surface area contributed by atoms with E-state index in [1.54, 1.807) is 14.2 Å². The fourth-order valence-electron chi connectivity index (χ4n) is 3.78. The molecule has 1 heterocycles. The summed E-state index contributed by atoms with van der Waals surface area (Å²) in [5, 5.41) is 9.55. The van der Waals surface area contributed by atoms with E-state index in [2.05, 4.69) is 0 Å². The average Bonchev–Trinajstić information content (AvgIpc) is 3.05. The van der Waals surface area contributed by atoms with Gasteiger partial charge in [0.05, 0.1) is 26.5 Å². The van der Waals surface area contributed by atoms with Crippen molar-refractivity contribution in [2.24, 2.45) is 12.8 Å². The lowest BCUT2D eigenvalue weighted by atomic mass is 9.91. The van der Waals surface area contributed by atoms with Gasteiger partial charge >= 0.3 is 0 Å². The van der Waals surface area contributed by atoms with Gasteiger partial charge in [-0.05, 0) is 68.4 Å². The molecule has 0 fully saturated rings. The number of aryl methyl sites for hydroxylation is 2. The molecule has 6 heteroatoms. The van der Waals surface area contributed by atoms with Gasteiger partial charge in [0.15, 0.2) is 17.3 Å². The summed E-state index contributed by atoms with van der Waals surface area (Å²) in [7, 11) is 5.18. The van der Waals surface area contributed by atoms with Crippen LogP contribution in [0.15, 0.2) is 24.3 Å². The first-order chi connectivity index (χ1) is 14.3. The number of benzene rings is 1. The molecule has 3 N–H and O–H groups in total. The minimum Gasteiger partial charge on any atom is -0.493 e. The van der Waals surface area contributed by atoms with Crippen LogP contribution in [0.3, 0.4) is 0 Å². The number of aliphatic hydroxyl groups is 1. The van der Waals surface area contributed by atoms with Crippen LogP contribution in [0.4, 0.5) is 0 Å². The van der Waals surface area contributed by atoms with Crippen molar-refractivity contribution in [3.63, 3.8) is 0 Å². The third-order valence-electron chi connectivity index (χ3n) is 6.06. The van der Waals surface area contributed by atoms with Crippen molar-refractivity contribution in [2.45, 2.75) is 57.9 Å². The molecule has 1 aromatic carbocycles. The van der Waals surface area contributed by atoms with E-state index in [1.165, 1.54) is 0 Å². The monoisotopic (exact) mass is 416 g/mol. The average molecular weight is 417 g/mol. The third kappa shape index (κ3) is 5.64. The minimum absolute atomic E-state index is 0.0328. The second-order valence-electron chi connectivity index (χ2n) is 8.06. The second kappa shape index (κ2) is 10.6. The Morgan fingerprint density at radius 3 is 2.47 bits per heavy atom. The largest absolute Gasteiger partial charge is 0.493 e. The molecule has 2 aromatic rings. The number of methoxy groups -OCH3 is 2. The molecule has 1 aromatic heterocycles. The molecule has 2 rings (SSSR count). The van der Waals surface area contributed by atoms with Gasteiger partial charge in [0.1, 0.15) is 0 Å². The molecule has 0 amide bonds. The standard InChI is InChI=1S/C24H36N2O4/c1-6-24(25,16-27)13-12-19-17(2)14-20(26(19)3)21(28)9-7-8-18-10-11-22(29-4)23(15-18)30-5/h10-11,14-15,27H,6-9,12-13,16,25H2,1-5H3/t24-/m1/s1. The summed E-state index contributed by atoms with van der Waals surface area (Å²) < 4.78 is 12.6. The summed E-state index contributed by atoms with van der Waals surface area (Å²) in [6.45, 7) is 3.98. The summed E-state index contributed by atoms with van der Waals surface area (Å²) in [4.78, 5) is 12.8. The number of hydrogen-bond donors (Lipinski definition) is 2. The van der Waals surface area contributed by atoms with Crippen LogP contribution in [-0.2, 0) is 19.9 Å². The number of rotatable bonds is 12. The Hall–Kier alpha value is -2.31. The second-order valence-corrected chi connectivity index (χ2v) is 8.06. The SMILES string of the molecule is CC[C@](N)(CO)CCc1c(C)cc(C(=O)CCCc2ccc(OC)c(OC)c2)n1C. The van der Waals surface area contributed by atoms with Gasteiger partial charge in [0.25, 0.3) is 0 Å². The smallest absolute Gasteiger partial charge is 0.179 e. The number of carbonyl (C=O) groups is 1. The van der Waals surface area contributed by atoms with Crippen molar-refractivity contribution in [3.8, 4) is 11.5 Å². The summed E-state index contributed by atoms with van der Waals surface area (Å²) in [6.07, 6.45) is 4.19. The van der Waals surface area contributed by atoms with Crippen LogP contribution in [-0.4, -0.2) is 41.8 Å². The highest BCUT2D eigenvalue weighted by Crippen LogP contribution is 2.28. The fraction of sp³-hybridized carbons (Fsp3) is 0.542. The highest BCUT2D eigenvalue weighted by atomic mass is 16.5. The van der Waals surface area contributed by atoms with E-state index in [9.17, 15) is 9.90 Å². The normalized spacial score (nSPS) is 13.2. The number of aliphatic hydroxyl groups excluding tert-OH is 1. The molecule has 0 unspecified atom stereocenters. The molecule has 30 heavy (non-hydrogen) atoms. The Morgan fingerprint density at radius 2 is 1.87 bits per heavy atom. The van der Waals surface area contributed by atoms with Crippen LogP contribution in [0, 0.1) is 6.92 Å². The van der Waals surface area contributed by atoms with Crippen LogP contribution in [0.5, 0.6) is 11.5 Å². The van der Waals surface area contributed by atoms with Crippen LogP contribution in [0.2, 0.25) is 0 Å².